The van der Waals surface area contributed by atoms with Gasteiger partial charge in [0.05, 0.1) is 12.5 Å². The van der Waals surface area contributed by atoms with Crippen LogP contribution < -0.4 is 5.32 Å². The number of piperidine rings is 1. The van der Waals surface area contributed by atoms with Gasteiger partial charge in [-0.3, -0.25) is 9.36 Å². The van der Waals surface area contributed by atoms with Crippen molar-refractivity contribution < 1.29 is 9.18 Å². The second kappa shape index (κ2) is 7.57. The maximum Gasteiger partial charge on any atom is 0.272 e. The summed E-state index contributed by atoms with van der Waals surface area (Å²) < 4.78 is 14.8. The normalized spacial score (nSPS) is 15.7. The lowest BCUT2D eigenvalue weighted by Gasteiger charge is -2.32. The number of rotatable bonds is 5. The summed E-state index contributed by atoms with van der Waals surface area (Å²) in [4.78, 5) is 18.8. The third-order valence-corrected chi connectivity index (χ3v) is 4.67. The number of benzene rings is 1. The molecule has 2 heterocycles. The highest BCUT2D eigenvalue weighted by Gasteiger charge is 2.25. The Bertz CT molecular complexity index is 675. The lowest BCUT2D eigenvalue weighted by molar-refractivity contribution is 0.0679. The average Bonchev–Trinajstić information content (AvgIpc) is 3.10. The van der Waals surface area contributed by atoms with Crippen LogP contribution in [-0.2, 0) is 0 Å². The molecule has 1 aromatic carbocycles. The van der Waals surface area contributed by atoms with Crippen LogP contribution in [0.15, 0.2) is 36.8 Å². The quantitative estimate of drug-likeness (QED) is 0.916. The van der Waals surface area contributed by atoms with Crippen molar-refractivity contribution in [2.45, 2.75) is 19.3 Å². The standard InChI is InChI=1S/C18H23FN4O/c1-20-9-6-14-7-10-22(11-8-14)18(24)17-12-21-13-23(17)16-4-2-15(19)3-5-16/h2-5,12-14,20H,6-11H2,1H3. The van der Waals surface area contributed by atoms with Crippen molar-refractivity contribution in [2.75, 3.05) is 26.7 Å². The molecule has 0 saturated carbocycles. The topological polar surface area (TPSA) is 50.2 Å². The van der Waals surface area contributed by atoms with Gasteiger partial charge in [0.25, 0.3) is 5.91 Å². The number of halogens is 1. The molecule has 1 amide bonds. The summed E-state index contributed by atoms with van der Waals surface area (Å²) in [5.74, 6) is 0.378. The molecule has 128 valence electrons. The minimum absolute atomic E-state index is 0.0103. The number of nitrogens with one attached hydrogen (secondary N) is 1. The number of hydrogen-bond acceptors (Lipinski definition) is 3. The Morgan fingerprint density at radius 1 is 1.29 bits per heavy atom. The van der Waals surface area contributed by atoms with E-state index in [-0.39, 0.29) is 11.7 Å². The first kappa shape index (κ1) is 16.6. The van der Waals surface area contributed by atoms with Crippen LogP contribution >= 0.6 is 0 Å². The predicted octanol–water partition coefficient (Wildman–Crippen LogP) is 2.47. The number of nitrogens with zero attached hydrogens (tertiary/aromatic N) is 3. The van der Waals surface area contributed by atoms with Crippen LogP contribution in [0.5, 0.6) is 0 Å². The maximum atomic E-state index is 13.1. The summed E-state index contributed by atoms with van der Waals surface area (Å²) in [6.07, 6.45) is 6.42. The van der Waals surface area contributed by atoms with Gasteiger partial charge in [0.1, 0.15) is 11.5 Å². The lowest BCUT2D eigenvalue weighted by atomic mass is 9.93. The fourth-order valence-corrected chi connectivity index (χ4v) is 3.20. The van der Waals surface area contributed by atoms with E-state index in [0.717, 1.165) is 44.6 Å². The molecule has 0 aliphatic carbocycles. The van der Waals surface area contributed by atoms with Crippen LogP contribution in [0.25, 0.3) is 5.69 Å². The molecule has 5 nitrogen and oxygen atoms in total. The SMILES string of the molecule is CNCCC1CCN(C(=O)c2cncn2-c2ccc(F)cc2)CC1. The molecule has 1 saturated heterocycles. The summed E-state index contributed by atoms with van der Waals surface area (Å²) in [6, 6.07) is 6.07. The molecule has 1 aliphatic rings. The zero-order valence-electron chi connectivity index (χ0n) is 13.9. The van der Waals surface area contributed by atoms with Gasteiger partial charge in [-0.1, -0.05) is 0 Å². The van der Waals surface area contributed by atoms with Crippen molar-refractivity contribution in [1.29, 1.82) is 0 Å². The van der Waals surface area contributed by atoms with Crippen molar-refractivity contribution >= 4 is 5.91 Å². The van der Waals surface area contributed by atoms with Crippen LogP contribution in [0.1, 0.15) is 29.8 Å². The molecule has 0 unspecified atom stereocenters. The highest BCUT2D eigenvalue weighted by atomic mass is 19.1. The smallest absolute Gasteiger partial charge is 0.272 e. The molecule has 3 rings (SSSR count). The summed E-state index contributed by atoms with van der Waals surface area (Å²) in [5.41, 5.74) is 1.26. The van der Waals surface area contributed by atoms with Gasteiger partial charge in [-0.2, -0.15) is 0 Å². The number of likely N-dealkylation sites (tertiary alicyclic amines) is 1. The zero-order chi connectivity index (χ0) is 16.9. The van der Waals surface area contributed by atoms with E-state index in [4.69, 9.17) is 0 Å². The van der Waals surface area contributed by atoms with E-state index in [1.54, 1.807) is 29.2 Å². The van der Waals surface area contributed by atoms with Crippen molar-refractivity contribution in [1.82, 2.24) is 19.8 Å². The average molecular weight is 330 g/mol. The van der Waals surface area contributed by atoms with Gasteiger partial charge in [0, 0.05) is 18.8 Å². The molecule has 24 heavy (non-hydrogen) atoms. The Morgan fingerprint density at radius 3 is 2.67 bits per heavy atom. The third kappa shape index (κ3) is 3.64. The molecular formula is C18H23FN4O. The largest absolute Gasteiger partial charge is 0.337 e. The summed E-state index contributed by atoms with van der Waals surface area (Å²) in [5, 5.41) is 3.18. The minimum atomic E-state index is -0.296. The van der Waals surface area contributed by atoms with Crippen LogP contribution in [0.2, 0.25) is 0 Å². The van der Waals surface area contributed by atoms with Gasteiger partial charge in [0.15, 0.2) is 0 Å². The van der Waals surface area contributed by atoms with Crippen molar-refractivity contribution in [2.24, 2.45) is 5.92 Å². The van der Waals surface area contributed by atoms with Crippen LogP contribution in [0.3, 0.4) is 0 Å². The molecule has 6 heteroatoms. The van der Waals surface area contributed by atoms with Gasteiger partial charge in [-0.05, 0) is 63.0 Å². The Kier molecular flexibility index (Phi) is 5.25. The van der Waals surface area contributed by atoms with Crippen molar-refractivity contribution in [3.8, 4) is 5.69 Å². The molecular weight excluding hydrogens is 307 g/mol. The van der Waals surface area contributed by atoms with Crippen molar-refractivity contribution in [3.63, 3.8) is 0 Å². The van der Waals surface area contributed by atoms with Gasteiger partial charge in [0.2, 0.25) is 0 Å². The number of hydrogen-bond donors (Lipinski definition) is 1. The second-order valence-corrected chi connectivity index (χ2v) is 6.25. The highest BCUT2D eigenvalue weighted by molar-refractivity contribution is 5.93. The Labute approximate surface area is 141 Å². The predicted molar refractivity (Wildman–Crippen MR) is 90.7 cm³/mol. The van der Waals surface area contributed by atoms with Crippen molar-refractivity contribution in [3.05, 3.63) is 48.3 Å². The van der Waals surface area contributed by atoms with E-state index in [0.29, 0.717) is 11.6 Å². The van der Waals surface area contributed by atoms with E-state index < -0.39 is 0 Å². The highest BCUT2D eigenvalue weighted by Crippen LogP contribution is 2.22. The summed E-state index contributed by atoms with van der Waals surface area (Å²) in [6.45, 7) is 2.58. The van der Waals surface area contributed by atoms with Crippen LogP contribution in [-0.4, -0.2) is 47.0 Å². The van der Waals surface area contributed by atoms with E-state index >= 15 is 0 Å². The van der Waals surface area contributed by atoms with Gasteiger partial charge in [-0.15, -0.1) is 0 Å². The van der Waals surface area contributed by atoms with E-state index in [2.05, 4.69) is 10.3 Å². The summed E-state index contributed by atoms with van der Waals surface area (Å²) in [7, 11) is 1.97. The molecule has 1 N–H and O–H groups in total. The molecule has 2 aromatic rings. The van der Waals surface area contributed by atoms with Crippen LogP contribution in [0.4, 0.5) is 4.39 Å². The maximum absolute atomic E-state index is 13.1. The first-order valence-corrected chi connectivity index (χ1v) is 8.41. The Morgan fingerprint density at radius 2 is 2.00 bits per heavy atom. The van der Waals surface area contributed by atoms with E-state index in [1.165, 1.54) is 12.1 Å². The minimum Gasteiger partial charge on any atom is -0.337 e. The van der Waals surface area contributed by atoms with E-state index in [9.17, 15) is 9.18 Å². The number of aromatic nitrogens is 2. The first-order chi connectivity index (χ1) is 11.7. The van der Waals surface area contributed by atoms with Gasteiger partial charge >= 0.3 is 0 Å². The zero-order valence-corrected chi connectivity index (χ0v) is 13.9. The fourth-order valence-electron chi connectivity index (χ4n) is 3.20. The lowest BCUT2D eigenvalue weighted by Crippen LogP contribution is -2.39. The number of carbonyl (C=O) groups excluding carboxylic acids is 1. The molecule has 1 aromatic heterocycles. The van der Waals surface area contributed by atoms with E-state index in [1.807, 2.05) is 11.9 Å². The van der Waals surface area contributed by atoms with Crippen LogP contribution in [0, 0.1) is 11.7 Å². The fraction of sp³-hybridized carbons (Fsp3) is 0.444. The summed E-state index contributed by atoms with van der Waals surface area (Å²) >= 11 is 0. The Hall–Kier alpha value is -2.21. The number of imidazole rings is 1. The molecule has 1 fully saturated rings. The molecule has 1 aliphatic heterocycles. The second-order valence-electron chi connectivity index (χ2n) is 6.25. The first-order valence-electron chi connectivity index (χ1n) is 8.41. The molecule has 0 atom stereocenters. The van der Waals surface area contributed by atoms with Gasteiger partial charge < -0.3 is 10.2 Å². The number of carbonyl (C=O) groups is 1. The number of amides is 1. The Balaban J connectivity index is 1.69. The monoisotopic (exact) mass is 330 g/mol. The third-order valence-electron chi connectivity index (χ3n) is 4.67. The molecule has 0 radical (unpaired) electrons. The van der Waals surface area contributed by atoms with Gasteiger partial charge in [-0.25, -0.2) is 9.37 Å². The molecule has 0 bridgehead atoms. The molecule has 0 spiro atoms.